The molecule has 1 aromatic rings. The van der Waals surface area contributed by atoms with Gasteiger partial charge in [-0.1, -0.05) is 23.2 Å². The lowest BCUT2D eigenvalue weighted by molar-refractivity contribution is 0.470. The second-order valence-corrected chi connectivity index (χ2v) is 6.92. The van der Waals surface area contributed by atoms with E-state index >= 15 is 0 Å². The van der Waals surface area contributed by atoms with E-state index in [2.05, 4.69) is 19.2 Å². The number of nitrogens with one attached hydrogen (secondary N) is 1. The molecule has 5 heteroatoms. The van der Waals surface area contributed by atoms with Crippen LogP contribution < -0.4 is 5.32 Å². The summed E-state index contributed by atoms with van der Waals surface area (Å²) in [5, 5.41) is 4.84. The summed E-state index contributed by atoms with van der Waals surface area (Å²) in [6.07, 6.45) is 2.61. The molecule has 0 saturated carbocycles. The van der Waals surface area contributed by atoms with Crippen LogP contribution in [-0.2, 0) is 10.8 Å². The first-order valence-corrected chi connectivity index (χ1v) is 8.39. The van der Waals surface area contributed by atoms with Crippen LogP contribution in [-0.4, -0.2) is 22.3 Å². The van der Waals surface area contributed by atoms with Gasteiger partial charge < -0.3 is 5.32 Å². The minimum absolute atomic E-state index is 0.122. The molecule has 1 N–H and O–H groups in total. The van der Waals surface area contributed by atoms with Crippen molar-refractivity contribution in [3.05, 3.63) is 33.8 Å². The molecule has 3 unspecified atom stereocenters. The van der Waals surface area contributed by atoms with E-state index in [1.165, 1.54) is 0 Å². The maximum absolute atomic E-state index is 11.0. The van der Waals surface area contributed by atoms with Gasteiger partial charge in [0.25, 0.3) is 0 Å². The maximum atomic E-state index is 11.0. The van der Waals surface area contributed by atoms with E-state index in [0.29, 0.717) is 21.8 Å². The molecule has 0 spiro atoms. The van der Waals surface area contributed by atoms with Crippen molar-refractivity contribution in [3.8, 4) is 0 Å². The lowest BCUT2D eigenvalue weighted by Crippen LogP contribution is -2.30. The zero-order valence-electron chi connectivity index (χ0n) is 10.9. The molecule has 0 aliphatic heterocycles. The number of hydrogen-bond acceptors (Lipinski definition) is 2. The third kappa shape index (κ3) is 5.27. The van der Waals surface area contributed by atoms with Gasteiger partial charge in [-0.15, -0.1) is 0 Å². The summed E-state index contributed by atoms with van der Waals surface area (Å²) in [6.45, 7) is 4.14. The van der Waals surface area contributed by atoms with E-state index in [4.69, 9.17) is 23.2 Å². The Morgan fingerprint density at radius 3 is 2.61 bits per heavy atom. The summed E-state index contributed by atoms with van der Waals surface area (Å²) < 4.78 is 11.0. The van der Waals surface area contributed by atoms with Gasteiger partial charge in [0.15, 0.2) is 0 Å². The van der Waals surface area contributed by atoms with Crippen LogP contribution in [0.3, 0.4) is 0 Å². The average molecular weight is 308 g/mol. The van der Waals surface area contributed by atoms with E-state index in [0.717, 1.165) is 12.0 Å². The van der Waals surface area contributed by atoms with Crippen molar-refractivity contribution in [2.75, 3.05) is 12.0 Å². The van der Waals surface area contributed by atoms with Crippen molar-refractivity contribution in [1.29, 1.82) is 0 Å². The smallest absolute Gasteiger partial charge is 0.0454 e. The van der Waals surface area contributed by atoms with Gasteiger partial charge in [-0.2, -0.15) is 0 Å². The summed E-state index contributed by atoms with van der Waals surface area (Å²) in [5.41, 5.74) is 0.994. The molecule has 102 valence electrons. The van der Waals surface area contributed by atoms with Crippen LogP contribution in [0.1, 0.15) is 31.9 Å². The second-order valence-electron chi connectivity index (χ2n) is 4.52. The molecular formula is C13H19Cl2NOS. The molecule has 0 aromatic heterocycles. The molecule has 0 amide bonds. The molecule has 3 atom stereocenters. The minimum atomic E-state index is -0.741. The Morgan fingerprint density at radius 1 is 1.33 bits per heavy atom. The number of hydrogen-bond donors (Lipinski definition) is 1. The van der Waals surface area contributed by atoms with Gasteiger partial charge in [0, 0.05) is 44.9 Å². The fraction of sp³-hybridized carbons (Fsp3) is 0.538. The normalized spacial score (nSPS) is 16.3. The Labute approximate surface area is 122 Å². The van der Waals surface area contributed by atoms with Crippen molar-refractivity contribution in [1.82, 2.24) is 5.32 Å². The molecule has 0 heterocycles. The van der Waals surface area contributed by atoms with E-state index in [1.54, 1.807) is 12.3 Å². The number of rotatable bonds is 6. The number of halogens is 2. The van der Waals surface area contributed by atoms with Crippen molar-refractivity contribution < 1.29 is 4.21 Å². The highest BCUT2D eigenvalue weighted by Gasteiger charge is 2.13. The third-order valence-electron chi connectivity index (χ3n) is 2.80. The molecule has 2 nitrogen and oxygen atoms in total. The Hall–Kier alpha value is -0.0900. The van der Waals surface area contributed by atoms with Crippen molar-refractivity contribution in [2.24, 2.45) is 0 Å². The standard InChI is InChI=1S/C13H19Cl2NOS/c1-9(6-7-18(3)17)16-10(2)12-8-11(14)4-5-13(12)15/h4-5,8-10,16H,6-7H2,1-3H3. The Bertz CT molecular complexity index is 425. The van der Waals surface area contributed by atoms with E-state index < -0.39 is 10.8 Å². The van der Waals surface area contributed by atoms with Gasteiger partial charge in [-0.25, -0.2) is 0 Å². The zero-order valence-corrected chi connectivity index (χ0v) is 13.2. The third-order valence-corrected chi connectivity index (χ3v) is 4.19. The van der Waals surface area contributed by atoms with Gasteiger partial charge in [0.1, 0.15) is 0 Å². The zero-order chi connectivity index (χ0) is 13.7. The van der Waals surface area contributed by atoms with Crippen LogP contribution >= 0.6 is 23.2 Å². The molecule has 1 rings (SSSR count). The fourth-order valence-corrected chi connectivity index (χ4v) is 2.94. The summed E-state index contributed by atoms with van der Waals surface area (Å²) in [6, 6.07) is 5.88. The van der Waals surface area contributed by atoms with Gasteiger partial charge in [-0.05, 0) is 44.0 Å². The lowest BCUT2D eigenvalue weighted by Gasteiger charge is -2.21. The highest BCUT2D eigenvalue weighted by Crippen LogP contribution is 2.26. The topological polar surface area (TPSA) is 29.1 Å². The summed E-state index contributed by atoms with van der Waals surface area (Å²) in [7, 11) is -0.741. The molecule has 0 aliphatic rings. The Morgan fingerprint density at radius 2 is 2.00 bits per heavy atom. The predicted molar refractivity (Wildman–Crippen MR) is 81.0 cm³/mol. The van der Waals surface area contributed by atoms with Crippen LogP contribution in [0, 0.1) is 0 Å². The summed E-state index contributed by atoms with van der Waals surface area (Å²) in [4.78, 5) is 0. The van der Waals surface area contributed by atoms with Crippen LogP contribution in [0.4, 0.5) is 0 Å². The van der Waals surface area contributed by atoms with Gasteiger partial charge in [0.05, 0.1) is 0 Å². The highest BCUT2D eigenvalue weighted by molar-refractivity contribution is 7.84. The second kappa shape index (κ2) is 7.49. The van der Waals surface area contributed by atoms with Crippen LogP contribution in [0.2, 0.25) is 10.0 Å². The molecule has 0 radical (unpaired) electrons. The summed E-state index contributed by atoms with van der Waals surface area (Å²) >= 11 is 12.1. The molecule has 0 bridgehead atoms. The quantitative estimate of drug-likeness (QED) is 0.866. The molecule has 0 saturated heterocycles. The largest absolute Gasteiger partial charge is 0.308 e. The average Bonchev–Trinajstić information content (AvgIpc) is 2.29. The Kier molecular flexibility index (Phi) is 6.64. The molecular weight excluding hydrogens is 289 g/mol. The lowest BCUT2D eigenvalue weighted by atomic mass is 10.1. The van der Waals surface area contributed by atoms with E-state index in [-0.39, 0.29) is 6.04 Å². The monoisotopic (exact) mass is 307 g/mol. The minimum Gasteiger partial charge on any atom is -0.308 e. The van der Waals surface area contributed by atoms with Gasteiger partial charge >= 0.3 is 0 Å². The van der Waals surface area contributed by atoms with Crippen molar-refractivity contribution in [2.45, 2.75) is 32.4 Å². The van der Waals surface area contributed by atoms with Crippen LogP contribution in [0.15, 0.2) is 18.2 Å². The molecule has 18 heavy (non-hydrogen) atoms. The first kappa shape index (κ1) is 16.0. The Balaban J connectivity index is 2.61. The molecule has 0 aliphatic carbocycles. The molecule has 1 aromatic carbocycles. The molecule has 0 fully saturated rings. The summed E-state index contributed by atoms with van der Waals surface area (Å²) in [5.74, 6) is 0.712. The van der Waals surface area contributed by atoms with Gasteiger partial charge in [-0.3, -0.25) is 4.21 Å². The van der Waals surface area contributed by atoms with Crippen LogP contribution in [0.25, 0.3) is 0 Å². The first-order valence-electron chi connectivity index (χ1n) is 5.91. The first-order chi connectivity index (χ1) is 8.40. The predicted octanol–water partition coefficient (Wildman–Crippen LogP) is 3.80. The maximum Gasteiger partial charge on any atom is 0.0454 e. The van der Waals surface area contributed by atoms with E-state index in [1.807, 2.05) is 12.1 Å². The highest BCUT2D eigenvalue weighted by atomic mass is 35.5. The van der Waals surface area contributed by atoms with Crippen molar-refractivity contribution in [3.63, 3.8) is 0 Å². The SMILES string of the molecule is CC(CCS(C)=O)NC(C)c1cc(Cl)ccc1Cl. The fourth-order valence-electron chi connectivity index (χ4n) is 1.79. The van der Waals surface area contributed by atoms with Crippen LogP contribution in [0.5, 0.6) is 0 Å². The van der Waals surface area contributed by atoms with E-state index in [9.17, 15) is 4.21 Å². The van der Waals surface area contributed by atoms with Crippen molar-refractivity contribution >= 4 is 34.0 Å². The number of benzene rings is 1. The van der Waals surface area contributed by atoms with Gasteiger partial charge in [0.2, 0.25) is 0 Å².